The Labute approximate surface area is 111 Å². The van der Waals surface area contributed by atoms with E-state index in [1.54, 1.807) is 24.3 Å². The van der Waals surface area contributed by atoms with Crippen LogP contribution in [-0.4, -0.2) is 13.0 Å². The van der Waals surface area contributed by atoms with Gasteiger partial charge in [-0.25, -0.2) is 9.87 Å². The Balaban J connectivity index is 2.24. The molecule has 1 N–H and O–H groups in total. The molecule has 4 heteroatoms. The molecule has 0 saturated heterocycles. The zero-order chi connectivity index (χ0) is 13.7. The van der Waals surface area contributed by atoms with E-state index < -0.39 is 0 Å². The lowest BCUT2D eigenvalue weighted by Crippen LogP contribution is -2.23. The third kappa shape index (κ3) is 3.39. The largest absolute Gasteiger partial charge is 0.277 e. The highest BCUT2D eigenvalue weighted by molar-refractivity contribution is 5.95. The molecule has 0 aliphatic heterocycles. The third-order valence-corrected chi connectivity index (χ3v) is 2.76. The number of nitrogens with one attached hydrogen (secondary N) is 1. The molecule has 0 heterocycles. The molecule has 2 aromatic rings. The molecule has 0 fully saturated rings. The van der Waals surface area contributed by atoms with Crippen LogP contribution in [0.4, 0.5) is 4.39 Å². The summed E-state index contributed by atoms with van der Waals surface area (Å²) in [4.78, 5) is 16.4. The number of carbonyl (C=O) groups is 1. The van der Waals surface area contributed by atoms with Gasteiger partial charge in [0.2, 0.25) is 0 Å². The molecule has 1 amide bonds. The van der Waals surface area contributed by atoms with Crippen LogP contribution in [0.5, 0.6) is 0 Å². The molecule has 0 unspecified atom stereocenters. The fraction of sp³-hybridized carbons (Fsp3) is 0.133. The lowest BCUT2D eigenvalue weighted by Gasteiger charge is -2.09. The van der Waals surface area contributed by atoms with Gasteiger partial charge in [-0.1, -0.05) is 30.3 Å². The zero-order valence-electron chi connectivity index (χ0n) is 10.5. The Morgan fingerprint density at radius 1 is 1.16 bits per heavy atom. The highest BCUT2D eigenvalue weighted by Gasteiger charge is 2.10. The first kappa shape index (κ1) is 13.2. The molecular weight excluding hydrogens is 245 g/mol. The van der Waals surface area contributed by atoms with Crippen LogP contribution in [0.2, 0.25) is 0 Å². The lowest BCUT2D eigenvalue weighted by molar-refractivity contribution is 0.0537. The van der Waals surface area contributed by atoms with E-state index in [0.717, 1.165) is 11.1 Å². The number of hydroxylamine groups is 1. The molecule has 0 saturated carbocycles. The van der Waals surface area contributed by atoms with E-state index in [0.29, 0.717) is 12.0 Å². The lowest BCUT2D eigenvalue weighted by atomic mass is 9.99. The smallest absolute Gasteiger partial charge is 0.275 e. The SMILES string of the molecule is CONC(=O)c1ccccc1Cc1ccc(F)cc1. The number of carbonyl (C=O) groups excluding carboxylic acids is 1. The van der Waals surface area contributed by atoms with Crippen LogP contribution < -0.4 is 5.48 Å². The van der Waals surface area contributed by atoms with Crippen LogP contribution >= 0.6 is 0 Å². The normalized spacial score (nSPS) is 10.2. The number of amides is 1. The summed E-state index contributed by atoms with van der Waals surface area (Å²) in [6, 6.07) is 13.5. The average Bonchev–Trinajstić information content (AvgIpc) is 2.42. The summed E-state index contributed by atoms with van der Waals surface area (Å²) in [5.74, 6) is -0.561. The van der Waals surface area contributed by atoms with Crippen molar-refractivity contribution in [1.82, 2.24) is 5.48 Å². The molecule has 0 aliphatic rings. The predicted molar refractivity (Wildman–Crippen MR) is 70.1 cm³/mol. The summed E-state index contributed by atoms with van der Waals surface area (Å²) in [7, 11) is 1.39. The van der Waals surface area contributed by atoms with Crippen LogP contribution in [-0.2, 0) is 11.3 Å². The molecule has 19 heavy (non-hydrogen) atoms. The Hall–Kier alpha value is -2.20. The second kappa shape index (κ2) is 6.11. The van der Waals surface area contributed by atoms with Gasteiger partial charge >= 0.3 is 0 Å². The van der Waals surface area contributed by atoms with E-state index in [4.69, 9.17) is 0 Å². The van der Waals surface area contributed by atoms with E-state index in [9.17, 15) is 9.18 Å². The molecule has 3 nitrogen and oxygen atoms in total. The fourth-order valence-electron chi connectivity index (χ4n) is 1.87. The summed E-state index contributed by atoms with van der Waals surface area (Å²) in [5.41, 5.74) is 4.66. The van der Waals surface area contributed by atoms with Crippen LogP contribution in [0.15, 0.2) is 48.5 Å². The minimum Gasteiger partial charge on any atom is -0.277 e. The number of rotatable bonds is 4. The topological polar surface area (TPSA) is 38.3 Å². The van der Waals surface area contributed by atoms with Crippen molar-refractivity contribution in [2.75, 3.05) is 7.11 Å². The number of halogens is 1. The maximum atomic E-state index is 12.9. The second-order valence-electron chi connectivity index (χ2n) is 4.10. The van der Waals surface area contributed by atoms with E-state index in [-0.39, 0.29) is 11.7 Å². The quantitative estimate of drug-likeness (QED) is 0.857. The van der Waals surface area contributed by atoms with Crippen molar-refractivity contribution in [2.45, 2.75) is 6.42 Å². The van der Waals surface area contributed by atoms with E-state index >= 15 is 0 Å². The molecule has 0 aromatic heterocycles. The van der Waals surface area contributed by atoms with Crippen molar-refractivity contribution in [3.63, 3.8) is 0 Å². The predicted octanol–water partition coefficient (Wildman–Crippen LogP) is 2.71. The van der Waals surface area contributed by atoms with Gasteiger partial charge in [0.15, 0.2) is 0 Å². The van der Waals surface area contributed by atoms with Gasteiger partial charge < -0.3 is 0 Å². The van der Waals surface area contributed by atoms with Crippen molar-refractivity contribution >= 4 is 5.91 Å². The van der Waals surface area contributed by atoms with Crippen molar-refractivity contribution in [1.29, 1.82) is 0 Å². The molecule has 0 radical (unpaired) electrons. The maximum Gasteiger partial charge on any atom is 0.275 e. The molecule has 2 rings (SSSR count). The van der Waals surface area contributed by atoms with Crippen molar-refractivity contribution in [2.24, 2.45) is 0 Å². The summed E-state index contributed by atoms with van der Waals surface area (Å²) >= 11 is 0. The van der Waals surface area contributed by atoms with Gasteiger partial charge in [-0.3, -0.25) is 9.63 Å². The first-order valence-corrected chi connectivity index (χ1v) is 5.86. The highest BCUT2D eigenvalue weighted by Crippen LogP contribution is 2.15. The number of hydrogen-bond acceptors (Lipinski definition) is 2. The molecule has 0 bridgehead atoms. The monoisotopic (exact) mass is 259 g/mol. The van der Waals surface area contributed by atoms with Gasteiger partial charge in [0.1, 0.15) is 5.82 Å². The van der Waals surface area contributed by atoms with Crippen LogP contribution in [0.25, 0.3) is 0 Å². The standard InChI is InChI=1S/C15H14FNO2/c1-19-17-15(18)14-5-3-2-4-12(14)10-11-6-8-13(16)9-7-11/h2-9H,10H2,1H3,(H,17,18). The summed E-state index contributed by atoms with van der Waals surface area (Å²) in [5, 5.41) is 0. The fourth-order valence-corrected chi connectivity index (χ4v) is 1.87. The summed E-state index contributed by atoms with van der Waals surface area (Å²) < 4.78 is 12.9. The summed E-state index contributed by atoms with van der Waals surface area (Å²) in [6.07, 6.45) is 0.563. The van der Waals surface area contributed by atoms with Crippen LogP contribution in [0.3, 0.4) is 0 Å². The first-order chi connectivity index (χ1) is 9.20. The van der Waals surface area contributed by atoms with Crippen molar-refractivity contribution < 1.29 is 14.0 Å². The van der Waals surface area contributed by atoms with Gasteiger partial charge in [0, 0.05) is 5.56 Å². The molecule has 98 valence electrons. The third-order valence-electron chi connectivity index (χ3n) is 2.76. The number of hydrogen-bond donors (Lipinski definition) is 1. The van der Waals surface area contributed by atoms with Gasteiger partial charge in [-0.15, -0.1) is 0 Å². The van der Waals surface area contributed by atoms with Gasteiger partial charge in [-0.05, 0) is 35.7 Å². The van der Waals surface area contributed by atoms with Crippen molar-refractivity contribution in [3.05, 3.63) is 71.0 Å². The van der Waals surface area contributed by atoms with Gasteiger partial charge in [0.05, 0.1) is 7.11 Å². The van der Waals surface area contributed by atoms with Crippen LogP contribution in [0, 0.1) is 5.82 Å². The molecule has 2 aromatic carbocycles. The number of benzene rings is 2. The minimum atomic E-state index is -0.291. The zero-order valence-corrected chi connectivity index (χ0v) is 10.5. The maximum absolute atomic E-state index is 12.9. The van der Waals surface area contributed by atoms with E-state index in [1.165, 1.54) is 19.2 Å². The minimum absolute atomic E-state index is 0.269. The van der Waals surface area contributed by atoms with Crippen LogP contribution in [0.1, 0.15) is 21.5 Å². The molecular formula is C15H14FNO2. The summed E-state index contributed by atoms with van der Waals surface area (Å²) in [6.45, 7) is 0. The highest BCUT2D eigenvalue weighted by atomic mass is 19.1. The van der Waals surface area contributed by atoms with E-state index in [2.05, 4.69) is 10.3 Å². The first-order valence-electron chi connectivity index (χ1n) is 5.86. The Kier molecular flexibility index (Phi) is 4.26. The van der Waals surface area contributed by atoms with Crippen molar-refractivity contribution in [3.8, 4) is 0 Å². The molecule has 0 atom stereocenters. The van der Waals surface area contributed by atoms with Gasteiger partial charge in [0.25, 0.3) is 5.91 Å². The van der Waals surface area contributed by atoms with Gasteiger partial charge in [-0.2, -0.15) is 0 Å². The Morgan fingerprint density at radius 3 is 2.53 bits per heavy atom. The molecule has 0 spiro atoms. The second-order valence-corrected chi connectivity index (χ2v) is 4.10. The Bertz CT molecular complexity index is 567. The average molecular weight is 259 g/mol. The molecule has 0 aliphatic carbocycles. The Morgan fingerprint density at radius 2 is 1.84 bits per heavy atom. The van der Waals surface area contributed by atoms with E-state index in [1.807, 2.05) is 12.1 Å².